The van der Waals surface area contributed by atoms with Crippen molar-refractivity contribution in [2.45, 2.75) is 58.4 Å². The SMILES string of the molecule is Cc1c(CC(=O)NC(CCCNC(N)=O)C(=O)O)c(=O)oc2cc3occ(C(C)(C)C)c3cc12. The summed E-state index contributed by atoms with van der Waals surface area (Å²) in [5.41, 5.74) is 6.84. The maximum absolute atomic E-state index is 12.6. The lowest BCUT2D eigenvalue weighted by Crippen LogP contribution is -2.42. The molecule has 0 aliphatic carbocycles. The van der Waals surface area contributed by atoms with E-state index in [9.17, 15) is 24.3 Å². The van der Waals surface area contributed by atoms with Crippen LogP contribution in [0, 0.1) is 6.92 Å². The summed E-state index contributed by atoms with van der Waals surface area (Å²) in [7, 11) is 0. The zero-order valence-corrected chi connectivity index (χ0v) is 19.6. The predicted molar refractivity (Wildman–Crippen MR) is 126 cm³/mol. The summed E-state index contributed by atoms with van der Waals surface area (Å²) in [6, 6.07) is 1.67. The lowest BCUT2D eigenvalue weighted by Gasteiger charge is -2.17. The van der Waals surface area contributed by atoms with Gasteiger partial charge in [0.25, 0.3) is 0 Å². The molecular formula is C24H29N3O7. The number of amides is 3. The second-order valence-corrected chi connectivity index (χ2v) is 9.31. The van der Waals surface area contributed by atoms with Gasteiger partial charge in [-0.3, -0.25) is 4.79 Å². The standard InChI is InChI=1S/C24H29N3O7/c1-12-13-8-15-16(24(2,3)4)11-33-18(15)10-19(13)34-22(31)14(12)9-20(28)27-17(21(29)30)6-5-7-26-23(25)32/h8,10-11,17H,5-7,9H2,1-4H3,(H,27,28)(H,29,30)(H3,25,26,32). The molecule has 0 saturated heterocycles. The van der Waals surface area contributed by atoms with Crippen molar-refractivity contribution in [2.24, 2.45) is 5.73 Å². The summed E-state index contributed by atoms with van der Waals surface area (Å²) >= 11 is 0. The van der Waals surface area contributed by atoms with Crippen molar-refractivity contribution in [1.29, 1.82) is 0 Å². The minimum absolute atomic E-state index is 0.0840. The van der Waals surface area contributed by atoms with Crippen LogP contribution in [0.5, 0.6) is 0 Å². The number of hydrogen-bond acceptors (Lipinski definition) is 6. The van der Waals surface area contributed by atoms with Crippen molar-refractivity contribution in [2.75, 3.05) is 6.54 Å². The van der Waals surface area contributed by atoms with E-state index in [1.807, 2.05) is 6.07 Å². The molecule has 2 aromatic heterocycles. The van der Waals surface area contributed by atoms with Crippen molar-refractivity contribution in [3.05, 3.63) is 45.5 Å². The van der Waals surface area contributed by atoms with E-state index in [1.54, 1.807) is 19.3 Å². The van der Waals surface area contributed by atoms with Gasteiger partial charge in [-0.1, -0.05) is 20.8 Å². The van der Waals surface area contributed by atoms with Crippen molar-refractivity contribution >= 4 is 39.8 Å². The van der Waals surface area contributed by atoms with Gasteiger partial charge < -0.3 is 30.3 Å². The fourth-order valence-electron chi connectivity index (χ4n) is 3.88. The third-order valence-corrected chi connectivity index (χ3v) is 5.73. The van der Waals surface area contributed by atoms with Gasteiger partial charge in [-0.2, -0.15) is 0 Å². The Morgan fingerprint density at radius 3 is 2.47 bits per heavy atom. The molecular weight excluding hydrogens is 442 g/mol. The van der Waals surface area contributed by atoms with E-state index in [2.05, 4.69) is 31.4 Å². The number of aliphatic carboxylic acids is 1. The maximum Gasteiger partial charge on any atom is 0.340 e. The monoisotopic (exact) mass is 471 g/mol. The quantitative estimate of drug-likeness (QED) is 0.290. The van der Waals surface area contributed by atoms with Gasteiger partial charge in [-0.05, 0) is 36.8 Å². The minimum atomic E-state index is -1.22. The van der Waals surface area contributed by atoms with Gasteiger partial charge in [0.2, 0.25) is 5.91 Å². The zero-order chi connectivity index (χ0) is 25.2. The van der Waals surface area contributed by atoms with Crippen LogP contribution in [0.15, 0.2) is 32.0 Å². The number of aryl methyl sites for hydroxylation is 1. The van der Waals surface area contributed by atoms with E-state index in [1.165, 1.54) is 0 Å². The van der Waals surface area contributed by atoms with Gasteiger partial charge in [0, 0.05) is 28.9 Å². The first-order chi connectivity index (χ1) is 15.9. The summed E-state index contributed by atoms with van der Waals surface area (Å²) in [4.78, 5) is 47.5. The molecule has 3 aromatic rings. The summed E-state index contributed by atoms with van der Waals surface area (Å²) in [6.07, 6.45) is 1.74. The number of carbonyl (C=O) groups excluding carboxylic acids is 2. The molecule has 34 heavy (non-hydrogen) atoms. The molecule has 182 valence electrons. The number of nitrogens with two attached hydrogens (primary N) is 1. The molecule has 5 N–H and O–H groups in total. The van der Waals surface area contributed by atoms with Crippen LogP contribution in [-0.2, 0) is 21.4 Å². The number of carboxylic acids is 1. The van der Waals surface area contributed by atoms with Gasteiger partial charge in [-0.15, -0.1) is 0 Å². The van der Waals surface area contributed by atoms with Crippen molar-refractivity contribution in [3.8, 4) is 0 Å². The third-order valence-electron chi connectivity index (χ3n) is 5.73. The second-order valence-electron chi connectivity index (χ2n) is 9.31. The number of carboxylic acid groups (broad SMARTS) is 1. The molecule has 0 bridgehead atoms. The number of rotatable bonds is 8. The molecule has 0 aliphatic rings. The van der Waals surface area contributed by atoms with Gasteiger partial charge in [0.1, 0.15) is 17.2 Å². The Labute approximate surface area is 195 Å². The Balaban J connectivity index is 1.86. The molecule has 1 aromatic carbocycles. The third kappa shape index (κ3) is 5.38. The zero-order valence-electron chi connectivity index (χ0n) is 19.6. The topological polar surface area (TPSA) is 165 Å². The Morgan fingerprint density at radius 2 is 1.85 bits per heavy atom. The molecule has 3 amide bonds. The number of furan rings is 1. The highest BCUT2D eigenvalue weighted by atomic mass is 16.4. The van der Waals surface area contributed by atoms with Gasteiger partial charge in [0.15, 0.2) is 0 Å². The summed E-state index contributed by atoms with van der Waals surface area (Å²) in [6.45, 7) is 8.12. The summed E-state index contributed by atoms with van der Waals surface area (Å²) < 4.78 is 11.1. The molecule has 2 heterocycles. The number of benzene rings is 1. The van der Waals surface area contributed by atoms with Crippen molar-refractivity contribution in [1.82, 2.24) is 10.6 Å². The van der Waals surface area contributed by atoms with E-state index in [4.69, 9.17) is 14.6 Å². The van der Waals surface area contributed by atoms with Crippen LogP contribution in [0.25, 0.3) is 21.9 Å². The summed E-state index contributed by atoms with van der Waals surface area (Å²) in [5, 5.41) is 15.8. The molecule has 1 unspecified atom stereocenters. The van der Waals surface area contributed by atoms with Crippen LogP contribution in [0.1, 0.15) is 50.3 Å². The van der Waals surface area contributed by atoms with Crippen molar-refractivity contribution in [3.63, 3.8) is 0 Å². The minimum Gasteiger partial charge on any atom is -0.480 e. The van der Waals surface area contributed by atoms with E-state index >= 15 is 0 Å². The van der Waals surface area contributed by atoms with Crippen LogP contribution in [0.2, 0.25) is 0 Å². The van der Waals surface area contributed by atoms with Crippen LogP contribution in [-0.4, -0.2) is 35.6 Å². The van der Waals surface area contributed by atoms with E-state index in [0.29, 0.717) is 28.5 Å². The Hall–Kier alpha value is -3.82. The van der Waals surface area contributed by atoms with Gasteiger partial charge in [0.05, 0.1) is 18.2 Å². The lowest BCUT2D eigenvalue weighted by molar-refractivity contribution is -0.141. The Bertz CT molecular complexity index is 1310. The average Bonchev–Trinajstić information content (AvgIpc) is 3.15. The normalized spacial score (nSPS) is 12.6. The predicted octanol–water partition coefficient (Wildman–Crippen LogP) is 2.71. The number of nitrogens with one attached hydrogen (secondary N) is 2. The molecule has 0 fully saturated rings. The number of urea groups is 1. The molecule has 0 aliphatic heterocycles. The smallest absolute Gasteiger partial charge is 0.340 e. The molecule has 1 atom stereocenters. The lowest BCUT2D eigenvalue weighted by atomic mass is 9.86. The second kappa shape index (κ2) is 9.58. The molecule has 0 radical (unpaired) electrons. The maximum atomic E-state index is 12.6. The Morgan fingerprint density at radius 1 is 1.15 bits per heavy atom. The number of hydrogen-bond donors (Lipinski definition) is 4. The highest BCUT2D eigenvalue weighted by molar-refractivity contribution is 5.97. The number of fused-ring (bicyclic) bond motifs is 2. The van der Waals surface area contributed by atoms with Crippen molar-refractivity contribution < 1.29 is 28.3 Å². The van der Waals surface area contributed by atoms with Crippen LogP contribution >= 0.6 is 0 Å². The van der Waals surface area contributed by atoms with Crippen LogP contribution < -0.4 is 22.0 Å². The average molecular weight is 472 g/mol. The van der Waals surface area contributed by atoms with Gasteiger partial charge in [-0.25, -0.2) is 14.4 Å². The van der Waals surface area contributed by atoms with E-state index < -0.39 is 29.6 Å². The Kier molecular flexibility index (Phi) is 6.99. The highest BCUT2D eigenvalue weighted by Gasteiger charge is 2.24. The highest BCUT2D eigenvalue weighted by Crippen LogP contribution is 2.35. The number of primary amides is 1. The fraction of sp³-hybridized carbons (Fsp3) is 0.417. The molecule has 3 rings (SSSR count). The van der Waals surface area contributed by atoms with E-state index in [0.717, 1.165) is 10.9 Å². The van der Waals surface area contributed by atoms with Gasteiger partial charge >= 0.3 is 17.6 Å². The van der Waals surface area contributed by atoms with E-state index in [-0.39, 0.29) is 30.4 Å². The first-order valence-corrected chi connectivity index (χ1v) is 10.9. The first kappa shape index (κ1) is 24.8. The molecule has 0 spiro atoms. The molecule has 0 saturated carbocycles. The molecule has 10 nitrogen and oxygen atoms in total. The largest absolute Gasteiger partial charge is 0.480 e. The van der Waals surface area contributed by atoms with Crippen LogP contribution in [0.4, 0.5) is 4.79 Å². The fourth-order valence-corrected chi connectivity index (χ4v) is 3.88. The summed E-state index contributed by atoms with van der Waals surface area (Å²) in [5.74, 6) is -1.84. The number of carbonyl (C=O) groups is 3. The van der Waals surface area contributed by atoms with Crippen LogP contribution in [0.3, 0.4) is 0 Å². The molecule has 10 heteroatoms. The first-order valence-electron chi connectivity index (χ1n) is 10.9.